The van der Waals surface area contributed by atoms with Crippen molar-refractivity contribution in [2.75, 3.05) is 5.32 Å². The predicted molar refractivity (Wildman–Crippen MR) is 64.2 cm³/mol. The second kappa shape index (κ2) is 5.07. The summed E-state index contributed by atoms with van der Waals surface area (Å²) < 4.78 is 0. The topological polar surface area (TPSA) is 67.8 Å². The highest BCUT2D eigenvalue weighted by atomic mass is 35.5. The Morgan fingerprint density at radius 3 is 2.76 bits per heavy atom. The number of rotatable bonds is 2. The van der Waals surface area contributed by atoms with Gasteiger partial charge in [0.1, 0.15) is 5.15 Å². The third kappa shape index (κ3) is 2.89. The molecule has 0 aliphatic rings. The number of carbonyl (C=O) groups is 1. The van der Waals surface area contributed by atoms with Crippen LogP contribution in [0.1, 0.15) is 10.4 Å². The summed E-state index contributed by atoms with van der Waals surface area (Å²) in [6.07, 6.45) is 4.30. The second-order valence-corrected chi connectivity index (χ2v) is 3.81. The summed E-state index contributed by atoms with van der Waals surface area (Å²) in [6, 6.07) is 3.03. The molecule has 0 aliphatic carbocycles. The molecule has 0 unspecified atom stereocenters. The van der Waals surface area contributed by atoms with E-state index in [0.29, 0.717) is 5.02 Å². The van der Waals surface area contributed by atoms with Gasteiger partial charge in [-0.05, 0) is 12.1 Å². The molecule has 5 nitrogen and oxygen atoms in total. The van der Waals surface area contributed by atoms with Crippen LogP contribution in [0.15, 0.2) is 30.7 Å². The zero-order valence-corrected chi connectivity index (χ0v) is 9.90. The molecule has 2 aromatic heterocycles. The highest BCUT2D eigenvalue weighted by Gasteiger charge is 2.11. The maximum absolute atomic E-state index is 11.8. The quantitative estimate of drug-likeness (QED) is 0.850. The minimum atomic E-state index is -0.439. The highest BCUT2D eigenvalue weighted by Crippen LogP contribution is 2.15. The van der Waals surface area contributed by atoms with Gasteiger partial charge in [-0.2, -0.15) is 0 Å². The molecular formula is C10H6Cl2N4O. The lowest BCUT2D eigenvalue weighted by Gasteiger charge is -2.04. The molecule has 2 aromatic rings. The molecule has 0 saturated carbocycles. The van der Waals surface area contributed by atoms with Crippen LogP contribution >= 0.6 is 23.2 Å². The van der Waals surface area contributed by atoms with Crippen molar-refractivity contribution in [2.24, 2.45) is 0 Å². The number of hydrogen-bond acceptors (Lipinski definition) is 4. The first-order valence-corrected chi connectivity index (χ1v) is 5.32. The molecule has 17 heavy (non-hydrogen) atoms. The van der Waals surface area contributed by atoms with Gasteiger partial charge in [0.2, 0.25) is 5.95 Å². The van der Waals surface area contributed by atoms with Gasteiger partial charge in [0, 0.05) is 18.6 Å². The molecule has 0 aromatic carbocycles. The standard InChI is InChI=1S/C10H6Cl2N4O/c11-7-1-3-13-5-6(7)9(17)16-10-14-4-2-8(12)15-10/h1-5H,(H,14,15,16,17). The van der Waals surface area contributed by atoms with Crippen molar-refractivity contribution in [3.63, 3.8) is 0 Å². The van der Waals surface area contributed by atoms with Crippen LogP contribution in [0, 0.1) is 0 Å². The summed E-state index contributed by atoms with van der Waals surface area (Å²) in [5, 5.41) is 3.02. The van der Waals surface area contributed by atoms with E-state index in [0.717, 1.165) is 0 Å². The van der Waals surface area contributed by atoms with E-state index in [4.69, 9.17) is 23.2 Å². The van der Waals surface area contributed by atoms with Crippen molar-refractivity contribution >= 4 is 35.1 Å². The van der Waals surface area contributed by atoms with Crippen molar-refractivity contribution in [1.82, 2.24) is 15.0 Å². The summed E-state index contributed by atoms with van der Waals surface area (Å²) in [7, 11) is 0. The average molecular weight is 269 g/mol. The lowest BCUT2D eigenvalue weighted by Crippen LogP contribution is -2.14. The normalized spacial score (nSPS) is 10.0. The van der Waals surface area contributed by atoms with Gasteiger partial charge in [0.15, 0.2) is 0 Å². The van der Waals surface area contributed by atoms with Gasteiger partial charge >= 0.3 is 0 Å². The van der Waals surface area contributed by atoms with Crippen molar-refractivity contribution < 1.29 is 4.79 Å². The van der Waals surface area contributed by atoms with E-state index in [-0.39, 0.29) is 16.7 Å². The lowest BCUT2D eigenvalue weighted by molar-refractivity contribution is 0.102. The van der Waals surface area contributed by atoms with Crippen LogP contribution in [-0.4, -0.2) is 20.9 Å². The van der Waals surface area contributed by atoms with Gasteiger partial charge in [-0.15, -0.1) is 0 Å². The van der Waals surface area contributed by atoms with Crippen LogP contribution in [0.3, 0.4) is 0 Å². The Kier molecular flexibility index (Phi) is 3.51. The van der Waals surface area contributed by atoms with Crippen LogP contribution in [0.5, 0.6) is 0 Å². The lowest BCUT2D eigenvalue weighted by atomic mass is 10.3. The molecule has 1 amide bonds. The Labute approximate surface area is 107 Å². The number of hydrogen-bond donors (Lipinski definition) is 1. The van der Waals surface area contributed by atoms with Gasteiger partial charge in [-0.3, -0.25) is 15.1 Å². The number of pyridine rings is 1. The van der Waals surface area contributed by atoms with Crippen LogP contribution in [-0.2, 0) is 0 Å². The molecule has 1 N–H and O–H groups in total. The molecule has 86 valence electrons. The van der Waals surface area contributed by atoms with Gasteiger partial charge in [-0.25, -0.2) is 9.97 Å². The van der Waals surface area contributed by atoms with E-state index in [1.165, 1.54) is 30.7 Å². The summed E-state index contributed by atoms with van der Waals surface area (Å²) in [6.45, 7) is 0. The van der Waals surface area contributed by atoms with Crippen LogP contribution < -0.4 is 5.32 Å². The maximum atomic E-state index is 11.8. The first-order chi connectivity index (χ1) is 8.16. The fraction of sp³-hybridized carbons (Fsp3) is 0. The number of amides is 1. The largest absolute Gasteiger partial charge is 0.290 e. The van der Waals surface area contributed by atoms with Crippen molar-refractivity contribution in [1.29, 1.82) is 0 Å². The van der Waals surface area contributed by atoms with Crippen molar-refractivity contribution in [3.05, 3.63) is 46.5 Å². The SMILES string of the molecule is O=C(Nc1nccc(Cl)n1)c1cnccc1Cl. The number of carbonyl (C=O) groups excluding carboxylic acids is 1. The number of nitrogens with one attached hydrogen (secondary N) is 1. The zero-order chi connectivity index (χ0) is 12.3. The molecule has 0 bridgehead atoms. The molecule has 2 rings (SSSR count). The smallest absolute Gasteiger partial charge is 0.261 e. The molecule has 0 aliphatic heterocycles. The molecular weight excluding hydrogens is 263 g/mol. The number of aromatic nitrogens is 3. The van der Waals surface area contributed by atoms with Crippen molar-refractivity contribution in [3.8, 4) is 0 Å². The number of nitrogens with zero attached hydrogens (tertiary/aromatic N) is 3. The second-order valence-electron chi connectivity index (χ2n) is 3.01. The first-order valence-electron chi connectivity index (χ1n) is 4.56. The van der Waals surface area contributed by atoms with E-state index in [1.807, 2.05) is 0 Å². The molecule has 2 heterocycles. The van der Waals surface area contributed by atoms with E-state index < -0.39 is 5.91 Å². The molecule has 0 atom stereocenters. The van der Waals surface area contributed by atoms with Crippen LogP contribution in [0.4, 0.5) is 5.95 Å². The maximum Gasteiger partial charge on any atom is 0.261 e. The third-order valence-electron chi connectivity index (χ3n) is 1.86. The van der Waals surface area contributed by atoms with E-state index in [9.17, 15) is 4.79 Å². The Morgan fingerprint density at radius 1 is 1.24 bits per heavy atom. The van der Waals surface area contributed by atoms with E-state index >= 15 is 0 Å². The molecule has 0 spiro atoms. The Balaban J connectivity index is 2.20. The summed E-state index contributed by atoms with van der Waals surface area (Å²) in [5.41, 5.74) is 0.248. The molecule has 7 heteroatoms. The van der Waals surface area contributed by atoms with Crippen LogP contribution in [0.25, 0.3) is 0 Å². The first kappa shape index (κ1) is 11.8. The molecule has 0 fully saturated rings. The molecule has 0 saturated heterocycles. The van der Waals surface area contributed by atoms with Gasteiger partial charge in [0.25, 0.3) is 5.91 Å². The number of halogens is 2. The Morgan fingerprint density at radius 2 is 2.06 bits per heavy atom. The minimum absolute atomic E-state index is 0.113. The number of anilines is 1. The zero-order valence-electron chi connectivity index (χ0n) is 8.39. The monoisotopic (exact) mass is 268 g/mol. The van der Waals surface area contributed by atoms with Gasteiger partial charge in [0.05, 0.1) is 10.6 Å². The predicted octanol–water partition coefficient (Wildman–Crippen LogP) is 2.43. The summed E-state index contributed by atoms with van der Waals surface area (Å²) in [5.74, 6) is -0.326. The van der Waals surface area contributed by atoms with E-state index in [2.05, 4.69) is 20.3 Å². The Bertz CT molecular complexity index is 562. The molecule has 0 radical (unpaired) electrons. The van der Waals surface area contributed by atoms with Crippen molar-refractivity contribution in [2.45, 2.75) is 0 Å². The van der Waals surface area contributed by atoms with Gasteiger partial charge in [-0.1, -0.05) is 23.2 Å². The fourth-order valence-corrected chi connectivity index (χ4v) is 1.44. The summed E-state index contributed by atoms with van der Waals surface area (Å²) >= 11 is 11.5. The van der Waals surface area contributed by atoms with Gasteiger partial charge < -0.3 is 0 Å². The average Bonchev–Trinajstić information content (AvgIpc) is 2.29. The summed E-state index contributed by atoms with van der Waals surface area (Å²) in [4.78, 5) is 23.3. The third-order valence-corrected chi connectivity index (χ3v) is 2.40. The van der Waals surface area contributed by atoms with Crippen LogP contribution in [0.2, 0.25) is 10.2 Å². The van der Waals surface area contributed by atoms with E-state index in [1.54, 1.807) is 0 Å². The Hall–Kier alpha value is -1.72. The minimum Gasteiger partial charge on any atom is -0.290 e. The fourth-order valence-electron chi connectivity index (χ4n) is 1.11. The highest BCUT2D eigenvalue weighted by molar-refractivity contribution is 6.34.